The number of hydrogen-bond donors (Lipinski definition) is 2. The van der Waals surface area contributed by atoms with E-state index in [1.807, 2.05) is 0 Å². The number of aryl methyl sites for hydroxylation is 1. The predicted molar refractivity (Wildman–Crippen MR) is 79.2 cm³/mol. The Kier molecular flexibility index (Phi) is 5.78. The summed E-state index contributed by atoms with van der Waals surface area (Å²) in [6, 6.07) is 1.60. The fraction of sp³-hybridized carbons (Fsp3) is 0.500. The van der Waals surface area contributed by atoms with Crippen LogP contribution in [0, 0.1) is 6.92 Å². The van der Waals surface area contributed by atoms with Crippen molar-refractivity contribution < 1.29 is 13.6 Å². The van der Waals surface area contributed by atoms with Crippen LogP contribution in [0.5, 0.6) is 0 Å². The zero-order chi connectivity index (χ0) is 14.6. The Labute approximate surface area is 125 Å². The van der Waals surface area contributed by atoms with Crippen molar-refractivity contribution in [2.45, 2.75) is 25.2 Å². The average molecular weight is 370 g/mol. The molecule has 1 heterocycles. The van der Waals surface area contributed by atoms with Gasteiger partial charge >= 0.3 is 0 Å². The van der Waals surface area contributed by atoms with Crippen LogP contribution < -0.4 is 5.73 Å². The Morgan fingerprint density at radius 2 is 2.26 bits per heavy atom. The quantitative estimate of drug-likeness (QED) is 0.346. The Bertz CT molecular complexity index is 569. The minimum atomic E-state index is -3.54. The molecule has 1 rings (SSSR count). The van der Waals surface area contributed by atoms with Crippen LogP contribution in [0.25, 0.3) is 0 Å². The molecule has 0 aromatic carbocycles. The lowest BCUT2D eigenvalue weighted by atomic mass is 10.4. The number of oxime groups is 1. The van der Waals surface area contributed by atoms with Gasteiger partial charge in [0.15, 0.2) is 0 Å². The molecule has 1 aromatic rings. The number of thiophene rings is 1. The molecule has 0 saturated heterocycles. The first-order valence-corrected chi connectivity index (χ1v) is 8.60. The predicted octanol–water partition coefficient (Wildman–Crippen LogP) is 1.97. The van der Waals surface area contributed by atoms with Gasteiger partial charge in [-0.3, -0.25) is 0 Å². The molecule has 0 aliphatic rings. The van der Waals surface area contributed by atoms with Gasteiger partial charge in [-0.15, -0.1) is 11.3 Å². The topological polar surface area (TPSA) is 96.0 Å². The van der Waals surface area contributed by atoms with E-state index in [1.54, 1.807) is 19.9 Å². The molecule has 3 N–H and O–H groups in total. The van der Waals surface area contributed by atoms with Crippen LogP contribution in [0.2, 0.25) is 0 Å². The molecule has 108 valence electrons. The van der Waals surface area contributed by atoms with Gasteiger partial charge in [0, 0.05) is 24.4 Å². The SMILES string of the molecule is CCN(CCC(N)=NO)S(=O)(=O)c1cc(Br)sc1C. The van der Waals surface area contributed by atoms with E-state index in [0.717, 1.165) is 8.66 Å². The molecular formula is C10H16BrN3O3S2. The summed E-state index contributed by atoms with van der Waals surface area (Å²) in [5, 5.41) is 11.3. The van der Waals surface area contributed by atoms with E-state index in [0.29, 0.717) is 11.4 Å². The summed E-state index contributed by atoms with van der Waals surface area (Å²) in [6.45, 7) is 4.02. The molecule has 0 fully saturated rings. The fourth-order valence-corrected chi connectivity index (χ4v) is 5.40. The molecule has 19 heavy (non-hydrogen) atoms. The summed E-state index contributed by atoms with van der Waals surface area (Å²) < 4.78 is 27.0. The monoisotopic (exact) mass is 369 g/mol. The summed E-state index contributed by atoms with van der Waals surface area (Å²) in [6.07, 6.45) is 0.188. The van der Waals surface area contributed by atoms with Gasteiger partial charge in [0.25, 0.3) is 0 Å². The molecule has 0 aliphatic heterocycles. The number of amidine groups is 1. The Morgan fingerprint density at radius 1 is 1.63 bits per heavy atom. The van der Waals surface area contributed by atoms with E-state index in [2.05, 4.69) is 21.1 Å². The molecule has 0 spiro atoms. The largest absolute Gasteiger partial charge is 0.409 e. The molecular weight excluding hydrogens is 354 g/mol. The van der Waals surface area contributed by atoms with Crippen LogP contribution in [0.3, 0.4) is 0 Å². The number of hydrogen-bond acceptors (Lipinski definition) is 5. The highest BCUT2D eigenvalue weighted by Crippen LogP contribution is 2.31. The maximum Gasteiger partial charge on any atom is 0.244 e. The Balaban J connectivity index is 2.99. The normalized spacial score (nSPS) is 13.2. The minimum absolute atomic E-state index is 0.0110. The second-order valence-corrected chi connectivity index (χ2v) is 8.35. The van der Waals surface area contributed by atoms with Crippen molar-refractivity contribution in [2.24, 2.45) is 10.9 Å². The molecule has 0 bridgehead atoms. The average Bonchev–Trinajstić information content (AvgIpc) is 2.69. The summed E-state index contributed by atoms with van der Waals surface area (Å²) in [5.74, 6) is 0.0110. The number of rotatable bonds is 6. The van der Waals surface area contributed by atoms with E-state index < -0.39 is 10.0 Å². The Hall–Kier alpha value is -0.640. The van der Waals surface area contributed by atoms with Crippen LogP contribution in [0.1, 0.15) is 18.2 Å². The van der Waals surface area contributed by atoms with E-state index in [-0.39, 0.29) is 18.8 Å². The lowest BCUT2D eigenvalue weighted by molar-refractivity contribution is 0.315. The minimum Gasteiger partial charge on any atom is -0.409 e. The first-order chi connectivity index (χ1) is 8.82. The highest BCUT2D eigenvalue weighted by molar-refractivity contribution is 9.11. The highest BCUT2D eigenvalue weighted by Gasteiger charge is 2.26. The number of sulfonamides is 1. The van der Waals surface area contributed by atoms with E-state index in [9.17, 15) is 8.42 Å². The van der Waals surface area contributed by atoms with Gasteiger partial charge in [0.05, 0.1) is 8.68 Å². The van der Waals surface area contributed by atoms with Crippen molar-refractivity contribution in [1.82, 2.24) is 4.31 Å². The molecule has 0 atom stereocenters. The third kappa shape index (κ3) is 3.91. The van der Waals surface area contributed by atoms with Gasteiger partial charge in [0.2, 0.25) is 10.0 Å². The number of nitrogens with zero attached hydrogens (tertiary/aromatic N) is 2. The van der Waals surface area contributed by atoms with Crippen LogP contribution in [0.4, 0.5) is 0 Å². The molecule has 0 unspecified atom stereocenters. The van der Waals surface area contributed by atoms with Crippen molar-refractivity contribution in [3.63, 3.8) is 0 Å². The van der Waals surface area contributed by atoms with Crippen LogP contribution in [-0.4, -0.2) is 36.9 Å². The van der Waals surface area contributed by atoms with Gasteiger partial charge in [0.1, 0.15) is 5.84 Å². The summed E-state index contributed by atoms with van der Waals surface area (Å²) in [7, 11) is -3.54. The van der Waals surface area contributed by atoms with Crippen LogP contribution in [0.15, 0.2) is 19.9 Å². The van der Waals surface area contributed by atoms with Gasteiger partial charge in [-0.1, -0.05) is 12.1 Å². The molecule has 0 radical (unpaired) electrons. The van der Waals surface area contributed by atoms with E-state index in [1.165, 1.54) is 15.6 Å². The molecule has 0 aliphatic carbocycles. The number of halogens is 1. The van der Waals surface area contributed by atoms with E-state index >= 15 is 0 Å². The zero-order valence-corrected chi connectivity index (χ0v) is 13.8. The van der Waals surface area contributed by atoms with Gasteiger partial charge in [-0.05, 0) is 28.9 Å². The first-order valence-electron chi connectivity index (χ1n) is 5.55. The number of nitrogens with two attached hydrogens (primary N) is 1. The van der Waals surface area contributed by atoms with Crippen molar-refractivity contribution in [3.05, 3.63) is 14.7 Å². The summed E-state index contributed by atoms with van der Waals surface area (Å²) in [5.41, 5.74) is 5.37. The van der Waals surface area contributed by atoms with Crippen molar-refractivity contribution in [2.75, 3.05) is 13.1 Å². The van der Waals surface area contributed by atoms with Crippen molar-refractivity contribution >= 4 is 43.1 Å². The lowest BCUT2D eigenvalue weighted by Gasteiger charge is -2.19. The van der Waals surface area contributed by atoms with E-state index in [4.69, 9.17) is 10.9 Å². The standard InChI is InChI=1S/C10H16BrN3O3S2/c1-3-14(5-4-10(12)13-15)19(16,17)8-6-9(11)18-7(8)2/h6,15H,3-5H2,1-2H3,(H2,12,13). The maximum absolute atomic E-state index is 12.5. The third-order valence-corrected chi connectivity index (χ3v) is 6.34. The Morgan fingerprint density at radius 3 is 2.68 bits per heavy atom. The molecule has 0 saturated carbocycles. The molecule has 9 heteroatoms. The highest BCUT2D eigenvalue weighted by atomic mass is 79.9. The maximum atomic E-state index is 12.5. The van der Waals surface area contributed by atoms with Crippen LogP contribution >= 0.6 is 27.3 Å². The van der Waals surface area contributed by atoms with Gasteiger partial charge in [-0.2, -0.15) is 4.31 Å². The van der Waals surface area contributed by atoms with Crippen molar-refractivity contribution in [3.8, 4) is 0 Å². The third-order valence-electron chi connectivity index (χ3n) is 2.56. The fourth-order valence-electron chi connectivity index (χ4n) is 1.56. The molecule has 0 amide bonds. The lowest BCUT2D eigenvalue weighted by Crippen LogP contribution is -2.34. The van der Waals surface area contributed by atoms with Gasteiger partial charge < -0.3 is 10.9 Å². The summed E-state index contributed by atoms with van der Waals surface area (Å²) in [4.78, 5) is 1.03. The zero-order valence-electron chi connectivity index (χ0n) is 10.6. The first kappa shape index (κ1) is 16.4. The smallest absolute Gasteiger partial charge is 0.244 e. The second kappa shape index (κ2) is 6.69. The van der Waals surface area contributed by atoms with Gasteiger partial charge in [-0.25, -0.2) is 8.42 Å². The second-order valence-electron chi connectivity index (χ2n) is 3.81. The molecule has 1 aromatic heterocycles. The van der Waals surface area contributed by atoms with Crippen molar-refractivity contribution in [1.29, 1.82) is 0 Å². The summed E-state index contributed by atoms with van der Waals surface area (Å²) >= 11 is 4.66. The molecule has 6 nitrogen and oxygen atoms in total. The van der Waals surface area contributed by atoms with Crippen LogP contribution in [-0.2, 0) is 10.0 Å².